The Hall–Kier alpha value is -1.72. The fraction of sp³-hybridized carbons (Fsp3) is 0.692. The van der Waals surface area contributed by atoms with E-state index in [1.807, 2.05) is 13.8 Å². The van der Waals surface area contributed by atoms with E-state index < -0.39 is 23.3 Å². The van der Waals surface area contributed by atoms with E-state index in [0.717, 1.165) is 0 Å². The van der Waals surface area contributed by atoms with Crippen molar-refractivity contribution in [2.75, 3.05) is 13.1 Å². The van der Waals surface area contributed by atoms with Crippen molar-refractivity contribution in [1.29, 1.82) is 0 Å². The van der Waals surface area contributed by atoms with Crippen LogP contribution in [0.4, 0.5) is 0 Å². The number of hydrogen-bond acceptors (Lipinski definition) is 4. The molecule has 2 heterocycles. The van der Waals surface area contributed by atoms with Crippen molar-refractivity contribution in [2.24, 2.45) is 16.8 Å². The van der Waals surface area contributed by atoms with E-state index in [1.54, 1.807) is 18.7 Å². The molecule has 6 heteroatoms. The summed E-state index contributed by atoms with van der Waals surface area (Å²) in [5.74, 6) is -2.20. The summed E-state index contributed by atoms with van der Waals surface area (Å²) in [5, 5.41) is 2.30. The van der Waals surface area contributed by atoms with Crippen LogP contribution in [0.2, 0.25) is 0 Å². The number of carbonyl (C=O) groups is 3. The molecule has 0 saturated carbocycles. The minimum Gasteiger partial charge on any atom is -0.341 e. The van der Waals surface area contributed by atoms with Crippen LogP contribution in [0, 0.1) is 11.8 Å². The maximum atomic E-state index is 12.6. The largest absolute Gasteiger partial charge is 0.341 e. The second-order valence-electron chi connectivity index (χ2n) is 5.19. The summed E-state index contributed by atoms with van der Waals surface area (Å²) in [6.45, 7) is 8.25. The van der Waals surface area contributed by atoms with Gasteiger partial charge < -0.3 is 4.90 Å². The fourth-order valence-electron chi connectivity index (χ4n) is 3.11. The first-order valence-corrected chi connectivity index (χ1v) is 6.57. The van der Waals surface area contributed by atoms with E-state index in [1.165, 1.54) is 0 Å². The average molecular weight is 265 g/mol. The number of imide groups is 1. The maximum absolute atomic E-state index is 12.6. The van der Waals surface area contributed by atoms with Gasteiger partial charge in [0.15, 0.2) is 0 Å². The summed E-state index contributed by atoms with van der Waals surface area (Å²) in [6.07, 6.45) is 0. The highest BCUT2D eigenvalue weighted by molar-refractivity contribution is 6.20. The lowest BCUT2D eigenvalue weighted by atomic mass is 9.79. The standard InChI is InChI=1S/C13H19N3O3/c1-5-16(6-2)12(19)13(4)9-8(7(3)15-13)10(17)14-11(9)18/h8-9H,5-6H2,1-4H3,(H,14,17,18). The molecule has 0 spiro atoms. The van der Waals surface area contributed by atoms with Crippen molar-refractivity contribution >= 4 is 23.4 Å². The molecule has 0 aromatic heterocycles. The molecule has 6 nitrogen and oxygen atoms in total. The molecule has 3 amide bonds. The first kappa shape index (κ1) is 13.7. The molecule has 1 saturated heterocycles. The van der Waals surface area contributed by atoms with E-state index in [2.05, 4.69) is 10.3 Å². The summed E-state index contributed by atoms with van der Waals surface area (Å²) in [6, 6.07) is 0. The molecule has 3 unspecified atom stereocenters. The minimum atomic E-state index is -1.16. The molecular formula is C13H19N3O3. The highest BCUT2D eigenvalue weighted by Gasteiger charge is 2.61. The lowest BCUT2D eigenvalue weighted by molar-refractivity contribution is -0.141. The number of amides is 3. The Bertz CT molecular complexity index is 482. The summed E-state index contributed by atoms with van der Waals surface area (Å²) in [5.41, 5.74) is -0.590. The summed E-state index contributed by atoms with van der Waals surface area (Å²) in [7, 11) is 0. The number of nitrogens with zero attached hydrogens (tertiary/aromatic N) is 2. The number of rotatable bonds is 3. The third-order valence-corrected chi connectivity index (χ3v) is 4.09. The first-order valence-electron chi connectivity index (χ1n) is 6.57. The summed E-state index contributed by atoms with van der Waals surface area (Å²) >= 11 is 0. The zero-order chi connectivity index (χ0) is 14.4. The Morgan fingerprint density at radius 2 is 1.89 bits per heavy atom. The fourth-order valence-corrected chi connectivity index (χ4v) is 3.11. The van der Waals surface area contributed by atoms with Crippen LogP contribution in [-0.2, 0) is 14.4 Å². The van der Waals surface area contributed by atoms with Gasteiger partial charge in [0.2, 0.25) is 11.8 Å². The molecule has 1 fully saturated rings. The molecule has 2 rings (SSSR count). The quantitative estimate of drug-likeness (QED) is 0.728. The van der Waals surface area contributed by atoms with E-state index in [4.69, 9.17) is 0 Å². The highest BCUT2D eigenvalue weighted by atomic mass is 16.2. The lowest BCUT2D eigenvalue weighted by Gasteiger charge is -2.31. The smallest absolute Gasteiger partial charge is 0.251 e. The number of likely N-dealkylation sites (N-methyl/N-ethyl adjacent to an activating group) is 1. The molecule has 0 aromatic rings. The maximum Gasteiger partial charge on any atom is 0.251 e. The molecule has 0 aromatic carbocycles. The molecule has 0 bridgehead atoms. The first-order chi connectivity index (χ1) is 8.86. The predicted octanol–water partition coefficient (Wildman–Crippen LogP) is -0.0232. The molecule has 0 radical (unpaired) electrons. The predicted molar refractivity (Wildman–Crippen MR) is 69.6 cm³/mol. The van der Waals surface area contributed by atoms with Gasteiger partial charge >= 0.3 is 0 Å². The summed E-state index contributed by atoms with van der Waals surface area (Å²) in [4.78, 5) is 42.3. The van der Waals surface area contributed by atoms with E-state index in [0.29, 0.717) is 18.8 Å². The van der Waals surface area contributed by atoms with Crippen molar-refractivity contribution in [3.8, 4) is 0 Å². The van der Waals surface area contributed by atoms with Gasteiger partial charge in [0.05, 0.1) is 11.8 Å². The van der Waals surface area contributed by atoms with Crippen molar-refractivity contribution < 1.29 is 14.4 Å². The van der Waals surface area contributed by atoms with Gasteiger partial charge in [0.25, 0.3) is 5.91 Å². The molecule has 0 aliphatic carbocycles. The van der Waals surface area contributed by atoms with Crippen LogP contribution in [0.3, 0.4) is 0 Å². The lowest BCUT2D eigenvalue weighted by Crippen LogP contribution is -2.51. The van der Waals surface area contributed by atoms with Gasteiger partial charge in [0, 0.05) is 18.8 Å². The third-order valence-electron chi connectivity index (χ3n) is 4.09. The zero-order valence-electron chi connectivity index (χ0n) is 11.7. The van der Waals surface area contributed by atoms with Gasteiger partial charge in [-0.25, -0.2) is 0 Å². The van der Waals surface area contributed by atoms with Crippen molar-refractivity contribution in [3.63, 3.8) is 0 Å². The number of fused-ring (bicyclic) bond motifs is 1. The van der Waals surface area contributed by atoms with Crippen LogP contribution >= 0.6 is 0 Å². The number of nitrogens with one attached hydrogen (secondary N) is 1. The molecular weight excluding hydrogens is 246 g/mol. The minimum absolute atomic E-state index is 0.186. The van der Waals surface area contributed by atoms with Crippen LogP contribution in [0.25, 0.3) is 0 Å². The van der Waals surface area contributed by atoms with Gasteiger partial charge in [0.1, 0.15) is 5.54 Å². The molecule has 104 valence electrons. The van der Waals surface area contributed by atoms with Gasteiger partial charge in [-0.05, 0) is 27.7 Å². The van der Waals surface area contributed by atoms with Crippen molar-refractivity contribution in [2.45, 2.75) is 33.2 Å². The SMILES string of the molecule is CCN(CC)C(=O)C1(C)N=C(C)C2C(=O)NC(=O)C21. The number of aliphatic imine (C=N–C) groups is 1. The monoisotopic (exact) mass is 265 g/mol. The molecule has 3 atom stereocenters. The second kappa shape index (κ2) is 4.43. The van der Waals surface area contributed by atoms with Gasteiger partial charge in [-0.15, -0.1) is 0 Å². The normalized spacial score (nSPS) is 32.9. The van der Waals surface area contributed by atoms with Gasteiger partial charge in [-0.3, -0.25) is 24.7 Å². The molecule has 19 heavy (non-hydrogen) atoms. The van der Waals surface area contributed by atoms with E-state index in [9.17, 15) is 14.4 Å². The van der Waals surface area contributed by atoms with Crippen molar-refractivity contribution in [3.05, 3.63) is 0 Å². The van der Waals surface area contributed by atoms with Crippen molar-refractivity contribution in [1.82, 2.24) is 10.2 Å². The van der Waals surface area contributed by atoms with Crippen LogP contribution in [0.1, 0.15) is 27.7 Å². The highest BCUT2D eigenvalue weighted by Crippen LogP contribution is 2.41. The van der Waals surface area contributed by atoms with Gasteiger partial charge in [-0.2, -0.15) is 0 Å². The Labute approximate surface area is 112 Å². The van der Waals surface area contributed by atoms with E-state index >= 15 is 0 Å². The number of hydrogen-bond donors (Lipinski definition) is 1. The molecule has 2 aliphatic rings. The Morgan fingerprint density at radius 1 is 1.32 bits per heavy atom. The molecule has 1 N–H and O–H groups in total. The Morgan fingerprint density at radius 3 is 2.42 bits per heavy atom. The van der Waals surface area contributed by atoms with Crippen LogP contribution in [-0.4, -0.2) is 47.0 Å². The van der Waals surface area contributed by atoms with Gasteiger partial charge in [-0.1, -0.05) is 0 Å². The summed E-state index contributed by atoms with van der Waals surface area (Å²) < 4.78 is 0. The average Bonchev–Trinajstić information content (AvgIpc) is 2.80. The van der Waals surface area contributed by atoms with Crippen LogP contribution in [0.5, 0.6) is 0 Å². The number of carbonyl (C=O) groups excluding carboxylic acids is 3. The Kier molecular flexibility index (Phi) is 3.20. The third kappa shape index (κ3) is 1.77. The molecule has 2 aliphatic heterocycles. The second-order valence-corrected chi connectivity index (χ2v) is 5.19. The topological polar surface area (TPSA) is 78.8 Å². The van der Waals surface area contributed by atoms with Crippen LogP contribution in [0.15, 0.2) is 4.99 Å². The Balaban J connectivity index is 2.41. The van der Waals surface area contributed by atoms with E-state index in [-0.39, 0.29) is 11.8 Å². The zero-order valence-corrected chi connectivity index (χ0v) is 11.7. The van der Waals surface area contributed by atoms with Crippen LogP contribution < -0.4 is 5.32 Å².